The Morgan fingerprint density at radius 3 is 2.23 bits per heavy atom. The van der Waals surface area contributed by atoms with E-state index in [1.165, 1.54) is 0 Å². The van der Waals surface area contributed by atoms with Crippen molar-refractivity contribution in [2.24, 2.45) is 5.73 Å². The number of nitrogens with two attached hydrogens (primary N) is 1. The van der Waals surface area contributed by atoms with Crippen molar-refractivity contribution in [2.75, 3.05) is 0 Å². The Kier molecular flexibility index (Phi) is 5.38. The van der Waals surface area contributed by atoms with E-state index in [0.29, 0.717) is 5.92 Å². The minimum atomic E-state index is 0. The zero-order valence-corrected chi connectivity index (χ0v) is 9.40. The largest absolute Gasteiger partial charge is 0.327 e. The second kappa shape index (κ2) is 5.48. The standard InChI is InChI=1S/C10H14ClN.ClH/c1-7(8(2)12)9-5-3-4-6-10(9)11;/h3-8H,12H2,1-2H3;1H. The van der Waals surface area contributed by atoms with Gasteiger partial charge in [-0.3, -0.25) is 0 Å². The molecule has 0 bridgehead atoms. The van der Waals surface area contributed by atoms with Gasteiger partial charge in [-0.25, -0.2) is 0 Å². The molecule has 0 fully saturated rings. The van der Waals surface area contributed by atoms with Gasteiger partial charge in [0.2, 0.25) is 0 Å². The zero-order valence-electron chi connectivity index (χ0n) is 7.83. The summed E-state index contributed by atoms with van der Waals surface area (Å²) in [7, 11) is 0. The summed E-state index contributed by atoms with van der Waals surface area (Å²) in [6.07, 6.45) is 0. The van der Waals surface area contributed by atoms with Gasteiger partial charge in [0.15, 0.2) is 0 Å². The highest BCUT2D eigenvalue weighted by Gasteiger charge is 2.12. The van der Waals surface area contributed by atoms with Crippen molar-refractivity contribution in [3.8, 4) is 0 Å². The highest BCUT2D eigenvalue weighted by Crippen LogP contribution is 2.25. The van der Waals surface area contributed by atoms with Crippen molar-refractivity contribution in [1.82, 2.24) is 0 Å². The summed E-state index contributed by atoms with van der Waals surface area (Å²) in [4.78, 5) is 0. The molecule has 3 heteroatoms. The molecule has 0 radical (unpaired) electrons. The monoisotopic (exact) mass is 219 g/mol. The molecule has 0 amide bonds. The third kappa shape index (κ3) is 3.18. The van der Waals surface area contributed by atoms with Gasteiger partial charge in [0, 0.05) is 11.1 Å². The first-order chi connectivity index (χ1) is 5.63. The van der Waals surface area contributed by atoms with Gasteiger partial charge in [-0.2, -0.15) is 0 Å². The highest BCUT2D eigenvalue weighted by atomic mass is 35.5. The molecule has 0 aliphatic heterocycles. The van der Waals surface area contributed by atoms with Gasteiger partial charge in [-0.05, 0) is 24.5 Å². The molecule has 2 unspecified atom stereocenters. The maximum absolute atomic E-state index is 6.01. The third-order valence-electron chi connectivity index (χ3n) is 2.18. The van der Waals surface area contributed by atoms with Gasteiger partial charge in [0.1, 0.15) is 0 Å². The number of benzene rings is 1. The summed E-state index contributed by atoms with van der Waals surface area (Å²) >= 11 is 6.01. The van der Waals surface area contributed by atoms with Crippen LogP contribution >= 0.6 is 24.0 Å². The van der Waals surface area contributed by atoms with Crippen LogP contribution in [-0.4, -0.2) is 6.04 Å². The molecule has 0 aromatic heterocycles. The molecule has 0 aliphatic rings. The molecule has 0 saturated carbocycles. The van der Waals surface area contributed by atoms with E-state index in [-0.39, 0.29) is 18.4 Å². The average molecular weight is 220 g/mol. The molecular formula is C10H15Cl2N. The van der Waals surface area contributed by atoms with E-state index < -0.39 is 0 Å². The minimum absolute atomic E-state index is 0. The molecule has 1 rings (SSSR count). The van der Waals surface area contributed by atoms with Gasteiger partial charge in [0.05, 0.1) is 0 Å². The van der Waals surface area contributed by atoms with Crippen molar-refractivity contribution >= 4 is 24.0 Å². The smallest absolute Gasteiger partial charge is 0.0441 e. The number of halogens is 2. The van der Waals surface area contributed by atoms with Crippen LogP contribution in [0.1, 0.15) is 25.3 Å². The van der Waals surface area contributed by atoms with E-state index in [1.54, 1.807) is 0 Å². The molecule has 0 spiro atoms. The number of rotatable bonds is 2. The van der Waals surface area contributed by atoms with Gasteiger partial charge in [0.25, 0.3) is 0 Å². The van der Waals surface area contributed by atoms with Crippen molar-refractivity contribution in [3.05, 3.63) is 34.9 Å². The third-order valence-corrected chi connectivity index (χ3v) is 2.53. The SMILES string of the molecule is CC(N)C(C)c1ccccc1Cl.Cl. The van der Waals surface area contributed by atoms with Crippen LogP contribution in [-0.2, 0) is 0 Å². The van der Waals surface area contributed by atoms with Crippen LogP contribution in [0.15, 0.2) is 24.3 Å². The van der Waals surface area contributed by atoms with Crippen LogP contribution < -0.4 is 5.73 Å². The number of hydrogen-bond acceptors (Lipinski definition) is 1. The van der Waals surface area contributed by atoms with Crippen LogP contribution in [0.3, 0.4) is 0 Å². The summed E-state index contributed by atoms with van der Waals surface area (Å²) < 4.78 is 0. The topological polar surface area (TPSA) is 26.0 Å². The Morgan fingerprint density at radius 2 is 1.77 bits per heavy atom. The first-order valence-corrected chi connectivity index (χ1v) is 4.50. The van der Waals surface area contributed by atoms with E-state index in [2.05, 4.69) is 6.92 Å². The molecule has 1 aromatic carbocycles. The average Bonchev–Trinajstić information content (AvgIpc) is 2.04. The second-order valence-electron chi connectivity index (χ2n) is 3.17. The first-order valence-electron chi connectivity index (χ1n) is 4.13. The normalized spacial score (nSPS) is 14.5. The Balaban J connectivity index is 0.00000144. The maximum Gasteiger partial charge on any atom is 0.0441 e. The first kappa shape index (κ1) is 12.8. The fraction of sp³-hybridized carbons (Fsp3) is 0.400. The Bertz CT molecular complexity index is 261. The van der Waals surface area contributed by atoms with Crippen LogP contribution in [0.4, 0.5) is 0 Å². The molecule has 13 heavy (non-hydrogen) atoms. The summed E-state index contributed by atoms with van der Waals surface area (Å²) in [5.41, 5.74) is 6.91. The predicted molar refractivity (Wildman–Crippen MR) is 60.8 cm³/mol. The van der Waals surface area contributed by atoms with Crippen molar-refractivity contribution in [3.63, 3.8) is 0 Å². The highest BCUT2D eigenvalue weighted by molar-refractivity contribution is 6.31. The summed E-state index contributed by atoms with van der Waals surface area (Å²) in [6.45, 7) is 4.08. The zero-order chi connectivity index (χ0) is 9.14. The molecule has 74 valence electrons. The Morgan fingerprint density at radius 1 is 1.23 bits per heavy atom. The quantitative estimate of drug-likeness (QED) is 0.813. The molecule has 0 aliphatic carbocycles. The van der Waals surface area contributed by atoms with E-state index in [4.69, 9.17) is 17.3 Å². The van der Waals surface area contributed by atoms with E-state index >= 15 is 0 Å². The molecule has 1 aromatic rings. The van der Waals surface area contributed by atoms with E-state index in [1.807, 2.05) is 31.2 Å². The maximum atomic E-state index is 6.01. The molecule has 0 saturated heterocycles. The Hall–Kier alpha value is -0.240. The summed E-state index contributed by atoms with van der Waals surface area (Å²) in [6, 6.07) is 7.98. The summed E-state index contributed by atoms with van der Waals surface area (Å²) in [5.74, 6) is 0.318. The lowest BCUT2D eigenvalue weighted by atomic mass is 9.95. The second-order valence-corrected chi connectivity index (χ2v) is 3.58. The lowest BCUT2D eigenvalue weighted by molar-refractivity contribution is 0.613. The molecule has 2 atom stereocenters. The molecular weight excluding hydrogens is 205 g/mol. The van der Waals surface area contributed by atoms with E-state index in [9.17, 15) is 0 Å². The van der Waals surface area contributed by atoms with Crippen molar-refractivity contribution in [1.29, 1.82) is 0 Å². The van der Waals surface area contributed by atoms with Crippen LogP contribution in [0.5, 0.6) is 0 Å². The molecule has 2 N–H and O–H groups in total. The van der Waals surface area contributed by atoms with Crippen molar-refractivity contribution in [2.45, 2.75) is 25.8 Å². The van der Waals surface area contributed by atoms with Gasteiger partial charge < -0.3 is 5.73 Å². The van der Waals surface area contributed by atoms with E-state index in [0.717, 1.165) is 10.6 Å². The predicted octanol–water partition coefficient (Wildman–Crippen LogP) is 3.21. The molecule has 0 heterocycles. The number of hydrogen-bond donors (Lipinski definition) is 1. The fourth-order valence-electron chi connectivity index (χ4n) is 1.13. The minimum Gasteiger partial charge on any atom is -0.327 e. The lowest BCUT2D eigenvalue weighted by Gasteiger charge is -2.16. The van der Waals surface area contributed by atoms with Gasteiger partial charge in [-0.1, -0.05) is 36.7 Å². The fourth-order valence-corrected chi connectivity index (χ4v) is 1.44. The van der Waals surface area contributed by atoms with Crippen LogP contribution in [0.25, 0.3) is 0 Å². The van der Waals surface area contributed by atoms with Gasteiger partial charge >= 0.3 is 0 Å². The van der Waals surface area contributed by atoms with Gasteiger partial charge in [-0.15, -0.1) is 12.4 Å². The van der Waals surface area contributed by atoms with Crippen LogP contribution in [0.2, 0.25) is 5.02 Å². The van der Waals surface area contributed by atoms with Crippen molar-refractivity contribution < 1.29 is 0 Å². The lowest BCUT2D eigenvalue weighted by Crippen LogP contribution is -2.22. The Labute approximate surface area is 90.7 Å². The summed E-state index contributed by atoms with van der Waals surface area (Å²) in [5, 5.41) is 0.808. The molecule has 1 nitrogen and oxygen atoms in total. The van der Waals surface area contributed by atoms with Crippen LogP contribution in [0, 0.1) is 0 Å².